The van der Waals surface area contributed by atoms with E-state index < -0.39 is 11.7 Å². The van der Waals surface area contributed by atoms with Gasteiger partial charge in [-0.1, -0.05) is 24.3 Å². The molecular weight excluding hydrogens is 267 g/mol. The van der Waals surface area contributed by atoms with Crippen LogP contribution in [-0.2, 0) is 12.7 Å². The fraction of sp³-hybridized carbons (Fsp3) is 0.200. The van der Waals surface area contributed by atoms with Crippen molar-refractivity contribution < 1.29 is 18.3 Å². The van der Waals surface area contributed by atoms with Crippen LogP contribution in [0.15, 0.2) is 42.5 Å². The second kappa shape index (κ2) is 5.45. The largest absolute Gasteiger partial charge is 0.508 e. The number of nitrogens with one attached hydrogen (secondary N) is 1. The zero-order chi connectivity index (χ0) is 14.8. The maximum absolute atomic E-state index is 12.7. The number of aryl methyl sites for hydroxylation is 1. The van der Waals surface area contributed by atoms with Gasteiger partial charge in [-0.25, -0.2) is 0 Å². The predicted octanol–water partition coefficient (Wildman–Crippen LogP) is 4.33. The summed E-state index contributed by atoms with van der Waals surface area (Å²) < 4.78 is 38.0. The Morgan fingerprint density at radius 1 is 1.10 bits per heavy atom. The highest BCUT2D eigenvalue weighted by Crippen LogP contribution is 2.32. The van der Waals surface area contributed by atoms with Crippen LogP contribution in [0.1, 0.15) is 16.7 Å². The molecule has 0 radical (unpaired) electrons. The molecule has 2 aromatic rings. The molecule has 2 aromatic carbocycles. The fourth-order valence-electron chi connectivity index (χ4n) is 1.84. The van der Waals surface area contributed by atoms with Crippen molar-refractivity contribution in [3.63, 3.8) is 0 Å². The van der Waals surface area contributed by atoms with Crippen molar-refractivity contribution >= 4 is 5.69 Å². The molecule has 0 fully saturated rings. The van der Waals surface area contributed by atoms with Crippen LogP contribution < -0.4 is 5.32 Å². The van der Waals surface area contributed by atoms with E-state index in [0.29, 0.717) is 16.8 Å². The van der Waals surface area contributed by atoms with Crippen molar-refractivity contribution in [3.05, 3.63) is 59.2 Å². The third-order valence-corrected chi connectivity index (χ3v) is 3.03. The molecule has 0 saturated heterocycles. The Hall–Kier alpha value is -2.17. The number of benzene rings is 2. The molecule has 0 aliphatic carbocycles. The van der Waals surface area contributed by atoms with E-state index in [9.17, 15) is 18.3 Å². The molecule has 0 aliphatic heterocycles. The Morgan fingerprint density at radius 3 is 2.45 bits per heavy atom. The Balaban J connectivity index is 2.19. The van der Waals surface area contributed by atoms with Crippen LogP contribution in [0.2, 0.25) is 0 Å². The molecule has 5 heteroatoms. The van der Waals surface area contributed by atoms with E-state index in [1.807, 2.05) is 0 Å². The fourth-order valence-corrected chi connectivity index (χ4v) is 1.84. The average Bonchev–Trinajstić information content (AvgIpc) is 2.38. The quantitative estimate of drug-likeness (QED) is 0.877. The molecular formula is C15H14F3NO. The predicted molar refractivity (Wildman–Crippen MR) is 71.6 cm³/mol. The van der Waals surface area contributed by atoms with Crippen LogP contribution in [0.3, 0.4) is 0 Å². The number of halogens is 3. The molecule has 0 spiro atoms. The van der Waals surface area contributed by atoms with E-state index in [1.165, 1.54) is 12.1 Å². The zero-order valence-corrected chi connectivity index (χ0v) is 10.8. The van der Waals surface area contributed by atoms with Gasteiger partial charge in [0, 0.05) is 17.8 Å². The Kier molecular flexibility index (Phi) is 3.88. The maximum Gasteiger partial charge on any atom is 0.416 e. The Morgan fingerprint density at radius 2 is 1.80 bits per heavy atom. The second-order valence-electron chi connectivity index (χ2n) is 4.51. The van der Waals surface area contributed by atoms with Gasteiger partial charge in [0.2, 0.25) is 0 Å². The minimum Gasteiger partial charge on any atom is -0.508 e. The first-order valence-electron chi connectivity index (χ1n) is 6.06. The van der Waals surface area contributed by atoms with Gasteiger partial charge < -0.3 is 10.4 Å². The molecule has 0 aromatic heterocycles. The van der Waals surface area contributed by atoms with Gasteiger partial charge in [0.25, 0.3) is 0 Å². The number of alkyl halides is 3. The number of rotatable bonds is 3. The van der Waals surface area contributed by atoms with E-state index in [-0.39, 0.29) is 12.3 Å². The number of phenolic OH excluding ortho intramolecular Hbond substituents is 1. The number of phenols is 1. The van der Waals surface area contributed by atoms with Crippen molar-refractivity contribution in [2.75, 3.05) is 5.32 Å². The van der Waals surface area contributed by atoms with E-state index in [2.05, 4.69) is 5.32 Å². The molecule has 0 atom stereocenters. The Labute approximate surface area is 114 Å². The van der Waals surface area contributed by atoms with Gasteiger partial charge in [0.1, 0.15) is 5.75 Å². The number of hydrogen-bond acceptors (Lipinski definition) is 2. The lowest BCUT2D eigenvalue weighted by molar-refractivity contribution is -0.137. The summed E-state index contributed by atoms with van der Waals surface area (Å²) in [6, 6.07) is 10.3. The van der Waals surface area contributed by atoms with Crippen molar-refractivity contribution in [3.8, 4) is 5.75 Å². The molecule has 0 amide bonds. The number of hydrogen-bond donors (Lipinski definition) is 2. The van der Waals surface area contributed by atoms with Crippen molar-refractivity contribution in [1.82, 2.24) is 0 Å². The molecule has 106 valence electrons. The zero-order valence-electron chi connectivity index (χ0n) is 10.8. The van der Waals surface area contributed by atoms with E-state index in [0.717, 1.165) is 12.1 Å². The number of para-hydroxylation sites is 1. The summed E-state index contributed by atoms with van der Waals surface area (Å²) in [5, 5.41) is 12.5. The van der Waals surface area contributed by atoms with Gasteiger partial charge in [0.05, 0.1) is 5.56 Å². The summed E-state index contributed by atoms with van der Waals surface area (Å²) in [7, 11) is 0. The highest BCUT2D eigenvalue weighted by atomic mass is 19.4. The summed E-state index contributed by atoms with van der Waals surface area (Å²) in [6.07, 6.45) is -4.36. The minimum absolute atomic E-state index is 0.115. The smallest absolute Gasteiger partial charge is 0.416 e. The summed E-state index contributed by atoms with van der Waals surface area (Å²) >= 11 is 0. The molecule has 0 saturated carbocycles. The monoisotopic (exact) mass is 281 g/mol. The van der Waals surface area contributed by atoms with Gasteiger partial charge >= 0.3 is 6.18 Å². The molecule has 2 nitrogen and oxygen atoms in total. The lowest BCUT2D eigenvalue weighted by Gasteiger charge is -2.14. The third kappa shape index (κ3) is 3.23. The Bertz CT molecular complexity index is 608. The van der Waals surface area contributed by atoms with Crippen LogP contribution >= 0.6 is 0 Å². The highest BCUT2D eigenvalue weighted by Gasteiger charge is 2.30. The van der Waals surface area contributed by atoms with E-state index in [1.54, 1.807) is 25.1 Å². The average molecular weight is 281 g/mol. The molecule has 20 heavy (non-hydrogen) atoms. The summed E-state index contributed by atoms with van der Waals surface area (Å²) in [6.45, 7) is 1.99. The molecule has 0 unspecified atom stereocenters. The summed E-state index contributed by atoms with van der Waals surface area (Å²) in [4.78, 5) is 0. The van der Waals surface area contributed by atoms with Crippen LogP contribution in [0.4, 0.5) is 18.9 Å². The van der Waals surface area contributed by atoms with Crippen LogP contribution in [0.25, 0.3) is 0 Å². The van der Waals surface area contributed by atoms with Crippen molar-refractivity contribution in [2.24, 2.45) is 0 Å². The normalized spacial score (nSPS) is 11.4. The van der Waals surface area contributed by atoms with Crippen LogP contribution in [-0.4, -0.2) is 5.11 Å². The van der Waals surface area contributed by atoms with E-state index >= 15 is 0 Å². The molecule has 0 aliphatic rings. The van der Waals surface area contributed by atoms with Crippen molar-refractivity contribution in [2.45, 2.75) is 19.6 Å². The molecule has 2 rings (SSSR count). The van der Waals surface area contributed by atoms with Crippen LogP contribution in [0, 0.1) is 6.92 Å². The standard InChI is InChI=1S/C15H14F3NO/c1-10-6-7-12(15(16,17)18)8-13(10)19-9-11-4-2-3-5-14(11)20/h2-8,19-20H,9H2,1H3. The van der Waals surface area contributed by atoms with Gasteiger partial charge in [-0.3, -0.25) is 0 Å². The maximum atomic E-state index is 12.7. The molecule has 0 heterocycles. The van der Waals surface area contributed by atoms with Gasteiger partial charge in [-0.15, -0.1) is 0 Å². The van der Waals surface area contributed by atoms with E-state index in [4.69, 9.17) is 0 Å². The lowest BCUT2D eigenvalue weighted by Crippen LogP contribution is -2.07. The summed E-state index contributed by atoms with van der Waals surface area (Å²) in [5.74, 6) is 0.115. The molecule has 2 N–H and O–H groups in total. The summed E-state index contributed by atoms with van der Waals surface area (Å²) in [5.41, 5.74) is 1.06. The van der Waals surface area contributed by atoms with Crippen LogP contribution in [0.5, 0.6) is 5.75 Å². The first-order valence-corrected chi connectivity index (χ1v) is 6.06. The topological polar surface area (TPSA) is 32.3 Å². The third-order valence-electron chi connectivity index (χ3n) is 3.03. The first kappa shape index (κ1) is 14.2. The van der Waals surface area contributed by atoms with Crippen molar-refractivity contribution in [1.29, 1.82) is 0 Å². The second-order valence-corrected chi connectivity index (χ2v) is 4.51. The molecule has 0 bridgehead atoms. The van der Waals surface area contributed by atoms with Gasteiger partial charge in [0.15, 0.2) is 0 Å². The number of aromatic hydroxyl groups is 1. The lowest BCUT2D eigenvalue weighted by atomic mass is 10.1. The number of anilines is 1. The minimum atomic E-state index is -4.36. The van der Waals surface area contributed by atoms with Gasteiger partial charge in [-0.2, -0.15) is 13.2 Å². The SMILES string of the molecule is Cc1ccc(C(F)(F)F)cc1NCc1ccccc1O. The highest BCUT2D eigenvalue weighted by molar-refractivity contribution is 5.54. The first-order chi connectivity index (χ1) is 9.38. The van der Waals surface area contributed by atoms with Gasteiger partial charge in [-0.05, 0) is 30.7 Å².